The van der Waals surface area contributed by atoms with Gasteiger partial charge in [0.1, 0.15) is 0 Å². The molecule has 2 aliphatic carbocycles. The molecule has 0 N–H and O–H groups in total. The molecule has 0 aliphatic heterocycles. The molecule has 0 fully saturated rings. The van der Waals surface area contributed by atoms with Gasteiger partial charge in [0.15, 0.2) is 0 Å². The summed E-state index contributed by atoms with van der Waals surface area (Å²) >= 11 is -5.03. The molecule has 58 heavy (non-hydrogen) atoms. The van der Waals surface area contributed by atoms with Crippen LogP contribution in [0.2, 0.25) is 13.1 Å². The molecule has 0 amide bonds. The topological polar surface area (TPSA) is 0 Å². The predicted molar refractivity (Wildman–Crippen MR) is 254 cm³/mol. The summed E-state index contributed by atoms with van der Waals surface area (Å²) in [7, 11) is 17.8. The first kappa shape index (κ1) is 38.2. The van der Waals surface area contributed by atoms with E-state index in [9.17, 15) is 0 Å². The summed E-state index contributed by atoms with van der Waals surface area (Å²) in [6.45, 7) is 9.50. The van der Waals surface area contributed by atoms with Crippen LogP contribution < -0.4 is 0 Å². The monoisotopic (exact) mass is 884 g/mol. The van der Waals surface area contributed by atoms with Gasteiger partial charge in [-0.1, -0.05) is 0 Å². The Bertz CT molecular complexity index is 2940. The number of allylic oxidation sites excluding steroid dienone is 2. The van der Waals surface area contributed by atoms with Gasteiger partial charge in [-0.2, -0.15) is 0 Å². The maximum atomic E-state index is 8.91. The summed E-state index contributed by atoms with van der Waals surface area (Å²) in [5, 5.41) is 10.3. The van der Waals surface area contributed by atoms with E-state index in [1.165, 1.54) is 98.7 Å². The van der Waals surface area contributed by atoms with E-state index in [0.717, 1.165) is 25.7 Å². The third kappa shape index (κ3) is 5.69. The van der Waals surface area contributed by atoms with Gasteiger partial charge in [0.25, 0.3) is 0 Å². The van der Waals surface area contributed by atoms with Crippen molar-refractivity contribution in [1.82, 2.24) is 0 Å². The average molecular weight is 887 g/mol. The molecule has 0 bridgehead atoms. The van der Waals surface area contributed by atoms with E-state index in [-0.39, 0.29) is 7.25 Å². The van der Waals surface area contributed by atoms with Gasteiger partial charge in [0.05, 0.1) is 0 Å². The van der Waals surface area contributed by atoms with E-state index in [2.05, 4.69) is 185 Å². The second-order valence-corrected chi connectivity index (χ2v) is 55.7. The summed E-state index contributed by atoms with van der Waals surface area (Å²) in [6, 6.07) is 54.2. The number of fused-ring (bicyclic) bond motifs is 8. The molecule has 8 aromatic carbocycles. The zero-order valence-electron chi connectivity index (χ0n) is 33.8. The minimum absolute atomic E-state index is 0.0446. The van der Waals surface area contributed by atoms with Crippen molar-refractivity contribution < 1.29 is 15.0 Å². The van der Waals surface area contributed by atoms with Gasteiger partial charge in [-0.15, -0.1) is 0 Å². The van der Waals surface area contributed by atoms with Crippen molar-refractivity contribution in [2.75, 3.05) is 0 Å². The van der Waals surface area contributed by atoms with Gasteiger partial charge in [0, 0.05) is 0 Å². The van der Waals surface area contributed by atoms with Gasteiger partial charge in [-0.05, 0) is 0 Å². The van der Waals surface area contributed by atoms with Crippen molar-refractivity contribution in [3.8, 4) is 22.3 Å². The summed E-state index contributed by atoms with van der Waals surface area (Å²) < 4.78 is 0.0892. The fraction of sp³-hybridized carbons (Fsp3) is 0.185. The summed E-state index contributed by atoms with van der Waals surface area (Å²) in [5.74, 6) is 0. The average Bonchev–Trinajstić information content (AvgIpc) is 3.83. The Labute approximate surface area is 351 Å². The van der Waals surface area contributed by atoms with Gasteiger partial charge in [-0.25, -0.2) is 0 Å². The standard InChI is InChI=1S/2C26H21.C2H6Si.2ClH.Zr/c2*1-2-7-18-16-20-9-5-11-24(26(20)17-18)23-13-6-12-22-21-10-4-3-8-19(21)14-15-25(22)23;1-3-2;;;/h2*3-6,8-17H,2,7H2,1H3;1-2H3;2*1H;/q;;;;;+2/p-2. The molecule has 286 valence electrons. The zero-order chi connectivity index (χ0) is 39.8. The normalized spacial score (nSPS) is 16.5. The number of hydrogen-bond acceptors (Lipinski definition) is 0. The first-order chi connectivity index (χ1) is 28.2. The van der Waals surface area contributed by atoms with E-state index in [1.54, 1.807) is 0 Å². The quantitative estimate of drug-likeness (QED) is 0.105. The molecule has 2 atom stereocenters. The Hall–Kier alpha value is -4.04. The molecule has 0 saturated heterocycles. The molecule has 0 spiro atoms. The molecular weight excluding hydrogens is 839 g/mol. The van der Waals surface area contributed by atoms with Crippen molar-refractivity contribution in [2.45, 2.75) is 59.9 Å². The van der Waals surface area contributed by atoms with Gasteiger partial charge >= 0.3 is 354 Å². The van der Waals surface area contributed by atoms with E-state index in [0.29, 0.717) is 0 Å². The molecular formula is C54H48Cl2SiZr. The molecule has 2 unspecified atom stereocenters. The van der Waals surface area contributed by atoms with Gasteiger partial charge in [0.2, 0.25) is 0 Å². The third-order valence-corrected chi connectivity index (χ3v) is 60.1. The second-order valence-electron chi connectivity index (χ2n) is 16.9. The summed E-state index contributed by atoms with van der Waals surface area (Å²) in [6.07, 6.45) is 9.15. The Balaban J connectivity index is 1.19. The van der Waals surface area contributed by atoms with E-state index in [4.69, 9.17) is 17.0 Å². The second kappa shape index (κ2) is 14.6. The first-order valence-electron chi connectivity index (χ1n) is 21.1. The van der Waals surface area contributed by atoms with Crippen molar-refractivity contribution in [1.29, 1.82) is 0 Å². The maximum absolute atomic E-state index is 8.91. The molecule has 0 aromatic heterocycles. The van der Waals surface area contributed by atoms with Crippen LogP contribution in [0.1, 0.15) is 69.0 Å². The van der Waals surface area contributed by atoms with Crippen LogP contribution in [-0.4, -0.2) is 5.43 Å². The van der Waals surface area contributed by atoms with Crippen LogP contribution in [0.3, 0.4) is 0 Å². The van der Waals surface area contributed by atoms with Crippen LogP contribution in [0.15, 0.2) is 157 Å². The molecule has 4 heteroatoms. The molecule has 0 saturated carbocycles. The summed E-state index contributed by atoms with van der Waals surface area (Å²) in [5.41, 5.74) is 12.1. The van der Waals surface area contributed by atoms with Gasteiger partial charge in [-0.3, -0.25) is 0 Å². The SMILES string of the molecule is CCCC1=Cc2c(-c3cccc4c3ccc3ccccc34)cccc2[CH]1[Zr]([Cl])([Cl])([CH]1C(CCC)=Cc2c(-c3cccc4c3ccc3ccccc34)cccc21)=[Si](C)C. The first-order valence-corrected chi connectivity index (χ1v) is 36.4. The summed E-state index contributed by atoms with van der Waals surface area (Å²) in [4.78, 5) is 0. The molecule has 8 aromatic rings. The molecule has 10 rings (SSSR count). The molecule has 0 heterocycles. The predicted octanol–water partition coefficient (Wildman–Crippen LogP) is 17.1. The van der Waals surface area contributed by atoms with Crippen LogP contribution in [0.4, 0.5) is 0 Å². The minimum atomic E-state index is -5.03. The van der Waals surface area contributed by atoms with Crippen molar-refractivity contribution in [3.63, 3.8) is 0 Å². The van der Waals surface area contributed by atoms with Crippen molar-refractivity contribution in [2.24, 2.45) is 0 Å². The van der Waals surface area contributed by atoms with Gasteiger partial charge < -0.3 is 0 Å². The number of rotatable bonds is 8. The van der Waals surface area contributed by atoms with Crippen LogP contribution in [-0.2, 0) is 15.0 Å². The molecule has 0 radical (unpaired) electrons. The number of benzene rings is 8. The van der Waals surface area contributed by atoms with Crippen molar-refractivity contribution >= 4 is 77.7 Å². The fourth-order valence-electron chi connectivity index (χ4n) is 11.0. The van der Waals surface area contributed by atoms with E-state index in [1.807, 2.05) is 0 Å². The van der Waals surface area contributed by atoms with Crippen LogP contribution in [0, 0.1) is 0 Å². The van der Waals surface area contributed by atoms with Crippen molar-refractivity contribution in [3.05, 3.63) is 179 Å². The number of hydrogen-bond donors (Lipinski definition) is 0. The Kier molecular flexibility index (Phi) is 9.61. The fourth-order valence-corrected chi connectivity index (χ4v) is 40.1. The van der Waals surface area contributed by atoms with Crippen LogP contribution >= 0.6 is 17.0 Å². The van der Waals surface area contributed by atoms with Crippen LogP contribution in [0.25, 0.3) is 77.5 Å². The third-order valence-electron chi connectivity index (χ3n) is 13.5. The Morgan fingerprint density at radius 2 is 0.828 bits per heavy atom. The molecule has 0 nitrogen and oxygen atoms in total. The van der Waals surface area contributed by atoms with E-state index >= 15 is 0 Å². The Morgan fingerprint density at radius 3 is 1.26 bits per heavy atom. The number of halogens is 2. The van der Waals surface area contributed by atoms with Crippen LogP contribution in [0.5, 0.6) is 0 Å². The van der Waals surface area contributed by atoms with E-state index < -0.39 is 20.4 Å². The Morgan fingerprint density at radius 1 is 0.431 bits per heavy atom. The molecule has 2 aliphatic rings. The zero-order valence-corrected chi connectivity index (χ0v) is 38.7.